The van der Waals surface area contributed by atoms with Gasteiger partial charge in [0.2, 0.25) is 0 Å². The number of hydrogen-bond acceptors (Lipinski definition) is 10. The summed E-state index contributed by atoms with van der Waals surface area (Å²) in [5.41, 5.74) is 0. The average molecular weight is 489 g/mol. The van der Waals surface area contributed by atoms with Gasteiger partial charge in [0.1, 0.15) is 0 Å². The smallest absolute Gasteiger partial charge is 1.00 e. The fourth-order valence-corrected chi connectivity index (χ4v) is 2.07. The largest absolute Gasteiger partial charge is 1.00 e. The molecule has 0 rings (SSSR count). The number of carbonyl (C=O) groups excluding carboxylic acids is 1. The van der Waals surface area contributed by atoms with E-state index in [0.29, 0.717) is 0 Å². The molecule has 0 radical (unpaired) electrons. The molecule has 0 saturated carbocycles. The number of rotatable bonds is 5. The zero-order valence-corrected chi connectivity index (χ0v) is 14.4. The molecule has 19 heavy (non-hydrogen) atoms. The van der Waals surface area contributed by atoms with E-state index in [4.69, 9.17) is 9.90 Å². The molecule has 0 atom stereocenters. The quantitative estimate of drug-likeness (QED) is 0.155. The van der Waals surface area contributed by atoms with Gasteiger partial charge < -0.3 is 9.90 Å². The van der Waals surface area contributed by atoms with E-state index in [1.54, 1.807) is 0 Å². The molecule has 0 spiro atoms. The van der Waals surface area contributed by atoms with Crippen molar-refractivity contribution in [2.24, 2.45) is 0 Å². The molecule has 14 nitrogen and oxygen atoms in total. The van der Waals surface area contributed by atoms with Crippen molar-refractivity contribution in [3.63, 3.8) is 0 Å². The van der Waals surface area contributed by atoms with Crippen LogP contribution in [0.5, 0.6) is 0 Å². The number of carboxylic acids is 1. The van der Waals surface area contributed by atoms with E-state index >= 15 is 0 Å². The van der Waals surface area contributed by atoms with Gasteiger partial charge >= 0.3 is 123 Å². The fourth-order valence-electron chi connectivity index (χ4n) is 0.253. The van der Waals surface area contributed by atoms with Crippen LogP contribution in [-0.4, -0.2) is 19.9 Å². The van der Waals surface area contributed by atoms with E-state index in [-0.39, 0.29) is 51.4 Å². The van der Waals surface area contributed by atoms with Crippen LogP contribution in [0.2, 0.25) is 0 Å². The third-order valence-corrected chi connectivity index (χ3v) is 5.24. The Morgan fingerprint density at radius 2 is 1.05 bits per heavy atom. The first kappa shape index (κ1) is 23.2. The van der Waals surface area contributed by atoms with Crippen molar-refractivity contribution in [2.45, 2.75) is 0 Å². The maximum absolute atomic E-state index is 9.91. The van der Waals surface area contributed by atoms with Gasteiger partial charge in [-0.3, -0.25) is 0 Å². The van der Waals surface area contributed by atoms with Gasteiger partial charge in [-0.2, -0.15) is 0 Å². The van der Waals surface area contributed by atoms with Gasteiger partial charge in [0.05, 0.1) is 5.97 Å². The summed E-state index contributed by atoms with van der Waals surface area (Å²) in [5.74, 6) is -1.23. The topological polar surface area (TPSA) is 213 Å². The summed E-state index contributed by atoms with van der Waals surface area (Å²) < 4.78 is -8.03. The molecule has 16 heteroatoms. The molecule has 0 aromatic heterocycles. The van der Waals surface area contributed by atoms with Crippen molar-refractivity contribution < 1.29 is 92.3 Å². The van der Waals surface area contributed by atoms with Crippen LogP contribution in [0.3, 0.4) is 0 Å². The second-order valence-electron chi connectivity index (χ2n) is 1.66. The summed E-state index contributed by atoms with van der Waals surface area (Å²) in [6, 6.07) is 0. The number of aliphatic carboxylic acids is 1. The first-order chi connectivity index (χ1) is 8.04. The van der Waals surface area contributed by atoms with Gasteiger partial charge in [-0.05, 0) is 6.08 Å². The second-order valence-corrected chi connectivity index (χ2v) is 7.71. The van der Waals surface area contributed by atoms with Gasteiger partial charge in [-0.15, -0.1) is 0 Å². The zero-order chi connectivity index (χ0) is 15.1. The molecule has 0 N–H and O–H groups in total. The van der Waals surface area contributed by atoms with Gasteiger partial charge in [-0.1, -0.05) is 6.58 Å². The van der Waals surface area contributed by atoms with Crippen LogP contribution in [0.1, 0.15) is 0 Å². The van der Waals surface area contributed by atoms with E-state index < -0.39 is 37.0 Å². The first-order valence-electron chi connectivity index (χ1n) is 3.13. The SMILES string of the molecule is C=CC(=O)[O-].O=[N+]([O-])[Pt-2]([N+](=O)[O-])([N+](=O)[O-])[N+](=O)[O-].[K+]. The third kappa shape index (κ3) is 6.21. The minimum atomic E-state index is -6.70. The van der Waals surface area contributed by atoms with Crippen LogP contribution in [0.15, 0.2) is 12.7 Å². The Morgan fingerprint density at radius 3 is 1.05 bits per heavy atom. The van der Waals surface area contributed by atoms with Crippen molar-refractivity contribution in [1.29, 1.82) is 0 Å². The van der Waals surface area contributed by atoms with Crippen LogP contribution in [0.25, 0.3) is 0 Å². The average Bonchev–Trinajstić information content (AvgIpc) is 2.16. The monoisotopic (exact) mass is 489 g/mol. The molecule has 0 fully saturated rings. The third-order valence-electron chi connectivity index (χ3n) is 0.786. The fraction of sp³-hybridized carbons (Fsp3) is 0. The molecular weight excluding hydrogens is 486 g/mol. The predicted octanol–water partition coefficient (Wildman–Crippen LogP) is -5.17. The maximum atomic E-state index is 9.91. The first-order valence-corrected chi connectivity index (χ1v) is 7.20. The minimum Gasteiger partial charge on any atom is 1.00 e. The van der Waals surface area contributed by atoms with Crippen LogP contribution in [0, 0.1) is 40.5 Å². The molecule has 0 bridgehead atoms. The summed E-state index contributed by atoms with van der Waals surface area (Å²) in [4.78, 5) is 48.8. The van der Waals surface area contributed by atoms with Gasteiger partial charge in [0, 0.05) is 0 Å². The van der Waals surface area contributed by atoms with Crippen LogP contribution < -0.4 is 56.5 Å². The molecule has 0 aromatic carbocycles. The second kappa shape index (κ2) is 9.99. The molecule has 0 heterocycles. The summed E-state index contributed by atoms with van der Waals surface area (Å²) >= 11 is -6.70. The molecule has 108 valence electrons. The maximum Gasteiger partial charge on any atom is 1.00 e. The van der Waals surface area contributed by atoms with Crippen molar-refractivity contribution in [3.05, 3.63) is 53.1 Å². The minimum absolute atomic E-state index is 0. The number of carbonyl (C=O) groups is 1. The Labute approximate surface area is 149 Å². The van der Waals surface area contributed by atoms with Crippen molar-refractivity contribution >= 4 is 5.97 Å². The van der Waals surface area contributed by atoms with Crippen molar-refractivity contribution in [3.8, 4) is 0 Å². The van der Waals surface area contributed by atoms with E-state index in [9.17, 15) is 40.5 Å². The molecule has 0 aliphatic carbocycles. The van der Waals surface area contributed by atoms with Crippen LogP contribution in [-0.2, 0) is 21.9 Å². The Balaban J connectivity index is -0.000000366. The van der Waals surface area contributed by atoms with Crippen LogP contribution >= 0.6 is 0 Å². The Hall–Kier alpha value is -0.865. The van der Waals surface area contributed by atoms with E-state index in [1.165, 1.54) is 0 Å². The number of carboxylic acid groups (broad SMARTS) is 1. The summed E-state index contributed by atoms with van der Waals surface area (Å²) in [5, 5.41) is 48.8. The van der Waals surface area contributed by atoms with E-state index in [1.807, 2.05) is 0 Å². The Bertz CT molecular complexity index is 361. The van der Waals surface area contributed by atoms with Gasteiger partial charge in [0.15, 0.2) is 0 Å². The van der Waals surface area contributed by atoms with Gasteiger partial charge in [-0.25, -0.2) is 0 Å². The van der Waals surface area contributed by atoms with E-state index in [2.05, 4.69) is 6.58 Å². The summed E-state index contributed by atoms with van der Waals surface area (Å²) in [7, 11) is 0. The molecule has 0 saturated heterocycles. The van der Waals surface area contributed by atoms with Crippen molar-refractivity contribution in [1.82, 2.24) is 0 Å². The molecule has 0 aromatic rings. The number of nitrogens with zero attached hydrogens (tertiary/aromatic N) is 4. The predicted molar refractivity (Wildman–Crippen MR) is 43.2 cm³/mol. The molecule has 0 unspecified atom stereocenters. The molecule has 0 amide bonds. The molecular formula is C3H3KN4O10Pt-2. The molecule has 0 aliphatic heterocycles. The van der Waals surface area contributed by atoms with Gasteiger partial charge in [0.25, 0.3) is 0 Å². The Morgan fingerprint density at radius 1 is 0.895 bits per heavy atom. The summed E-state index contributed by atoms with van der Waals surface area (Å²) in [6.07, 6.45) is 0.722. The molecule has 0 aliphatic rings. The van der Waals surface area contributed by atoms with Crippen LogP contribution in [0.4, 0.5) is 0 Å². The van der Waals surface area contributed by atoms with Crippen molar-refractivity contribution in [2.75, 3.05) is 0 Å². The number of nitro groups is 4. The Kier molecular flexibility index (Phi) is 12.2. The van der Waals surface area contributed by atoms with E-state index in [0.717, 1.165) is 6.08 Å². The normalized spacial score (nSPS) is 9.68. The summed E-state index contributed by atoms with van der Waals surface area (Å²) in [6.45, 7) is 2.90. The number of hydrogen-bond donors (Lipinski definition) is 0. The standard InChI is InChI=1S/C3H4O2.K.4NO2.Pt/c1-2-3(4)5;;4*2-1-3;/h2H,1H2,(H,4,5);;;;;;/q;+1;;;;;-2/p-1. The zero-order valence-electron chi connectivity index (χ0n) is 8.97.